The van der Waals surface area contributed by atoms with Gasteiger partial charge >= 0.3 is 64.1 Å². The van der Waals surface area contributed by atoms with E-state index in [1.807, 2.05) is 156 Å². The van der Waals surface area contributed by atoms with Crippen molar-refractivity contribution in [2.45, 2.75) is 137 Å². The zero-order chi connectivity index (χ0) is 74.8. The van der Waals surface area contributed by atoms with Gasteiger partial charge in [-0.1, -0.05) is 224 Å². The predicted molar refractivity (Wildman–Crippen MR) is 437 cm³/mol. The number of ketones is 5. The minimum Gasteiger partial charge on any atom is -0.448 e. The summed E-state index contributed by atoms with van der Waals surface area (Å²) in [5.41, 5.74) is 20.7. The largest absolute Gasteiger partial charge is 0.448 e. The fourth-order valence-corrected chi connectivity index (χ4v) is 7.96. The van der Waals surface area contributed by atoms with Crippen LogP contribution in [0.4, 0.5) is 17.1 Å². The molecule has 2 aliphatic rings. The summed E-state index contributed by atoms with van der Waals surface area (Å²) in [7, 11) is -0.815. The number of aliphatic imine (C=N–C) groups is 1. The van der Waals surface area contributed by atoms with Crippen LogP contribution >= 0.6 is 37.2 Å². The van der Waals surface area contributed by atoms with Crippen molar-refractivity contribution in [1.29, 1.82) is 1.34 Å². The Morgan fingerprint density at radius 3 is 1.31 bits per heavy atom. The number of carbonyl (C=O) groups excluding carboxylic acids is 7. The van der Waals surface area contributed by atoms with Crippen molar-refractivity contribution >= 4 is 131 Å². The molecule has 8 aromatic carbocycles. The third-order valence-electron chi connectivity index (χ3n) is 13.4. The molecule has 103 heavy (non-hydrogen) atoms. The van der Waals surface area contributed by atoms with Gasteiger partial charge in [-0.2, -0.15) is 0 Å². The average molecular weight is 1910 g/mol. The van der Waals surface area contributed by atoms with E-state index in [1.54, 1.807) is 128 Å². The van der Waals surface area contributed by atoms with E-state index in [1.165, 1.54) is 18.6 Å². The van der Waals surface area contributed by atoms with E-state index in [4.69, 9.17) is 23.5 Å². The van der Waals surface area contributed by atoms with Crippen molar-refractivity contribution in [3.05, 3.63) is 269 Å². The number of aldehydes is 1. The van der Waals surface area contributed by atoms with Crippen molar-refractivity contribution in [1.82, 2.24) is 19.9 Å². The molecular formula is C81H101BI3N7O10W-2. The van der Waals surface area contributed by atoms with Gasteiger partial charge in [-0.05, 0) is 101 Å². The number of carbonyl (C=O) groups is 7. The van der Waals surface area contributed by atoms with Gasteiger partial charge in [-0.15, -0.1) is 12.3 Å². The molecule has 1 saturated heterocycles. The van der Waals surface area contributed by atoms with E-state index >= 15 is 0 Å². The first-order chi connectivity index (χ1) is 48.1. The maximum Gasteiger partial charge on any atom is 0.439 e. The molecule has 1 fully saturated rings. The Balaban J connectivity index is -0.000000573. The number of ether oxygens (including phenoxy) is 1. The Hall–Kier alpha value is -7.94. The second kappa shape index (κ2) is 56.5. The van der Waals surface area contributed by atoms with Crippen LogP contribution in [0, 0.1) is 6.20 Å². The minimum absolute atomic E-state index is 0. The maximum absolute atomic E-state index is 12.3. The molecule has 0 spiro atoms. The molecule has 2 aliphatic heterocycles. The van der Waals surface area contributed by atoms with Gasteiger partial charge in [-0.25, -0.2) is 4.79 Å². The van der Waals surface area contributed by atoms with Crippen LogP contribution in [0.15, 0.2) is 218 Å². The van der Waals surface area contributed by atoms with E-state index in [0.717, 1.165) is 16.8 Å². The Bertz CT molecular complexity index is 4220. The molecule has 0 amide bonds. The molecule has 0 bridgehead atoms. The number of aromatic nitrogens is 4. The normalized spacial score (nSPS) is 11.6. The molecule has 10 aromatic rings. The number of nitrogens with zero attached hydrogens (tertiary/aromatic N) is 5. The van der Waals surface area contributed by atoms with Crippen LogP contribution in [0.3, 0.4) is 0 Å². The molecule has 22 heteroatoms. The Kier molecular flexibility index (Phi) is 53.3. The molecule has 4 heterocycles. The first-order valence-electron chi connectivity index (χ1n) is 32.5. The molecule has 0 saturated carbocycles. The van der Waals surface area contributed by atoms with Gasteiger partial charge in [0.2, 0.25) is 6.29 Å². The van der Waals surface area contributed by atoms with E-state index in [2.05, 4.69) is 73.1 Å². The van der Waals surface area contributed by atoms with Gasteiger partial charge in [-0.3, -0.25) is 48.7 Å². The summed E-state index contributed by atoms with van der Waals surface area (Å²) in [4.78, 5) is 99.8. The zero-order valence-electron chi connectivity index (χ0n) is 59.8. The fourth-order valence-electron chi connectivity index (χ4n) is 7.96. The first kappa shape index (κ1) is 97.1. The van der Waals surface area contributed by atoms with Gasteiger partial charge in [0, 0.05) is 89.9 Å². The SMILES string of the molecule is C.C.C.C.CC.CC.CC.CC.CCOC(=O)C=O.I[I-]I.Nc1ccc(C(=O)c2ccccc2)cc1N.O=C(c1ccccc1)c1ccc2nc[c-]nc2c1.O=C1C=Nc2ccc(C(=O)c3ccccc3)cc2C1.[2H]B1OC(C)(C)C(C)(C)O1.[2H]c1cnc2ccc(C(=O)c3ccccc3)cc2n1.[W]. The van der Waals surface area contributed by atoms with Gasteiger partial charge in [0.15, 0.2) is 28.9 Å². The topological polar surface area (TPSA) is 263 Å². The van der Waals surface area contributed by atoms with Gasteiger partial charge < -0.3 is 30.5 Å². The number of hydrogen-bond acceptors (Lipinski definition) is 17. The molecular weight excluding hydrogens is 1810 g/mol. The molecule has 17 nitrogen and oxygen atoms in total. The van der Waals surface area contributed by atoms with Crippen LogP contribution in [-0.2, 0) is 55.9 Å². The number of Topliss-reactive ketones (excluding diaryl/α,β-unsaturated/α-hetero) is 1. The first-order valence-corrected chi connectivity index (χ1v) is 44.0. The Morgan fingerprint density at radius 2 is 0.932 bits per heavy atom. The van der Waals surface area contributed by atoms with Crippen molar-refractivity contribution in [3.63, 3.8) is 0 Å². The van der Waals surface area contributed by atoms with E-state index < -0.39 is 13.6 Å². The monoisotopic (exact) mass is 1910 g/mol. The summed E-state index contributed by atoms with van der Waals surface area (Å²) >= 11 is 5.30. The van der Waals surface area contributed by atoms with Crippen LogP contribution < -0.4 is 24.7 Å². The Labute approximate surface area is 659 Å². The molecule has 0 aliphatic carbocycles. The number of anilines is 2. The van der Waals surface area contributed by atoms with Crippen LogP contribution in [0.25, 0.3) is 22.1 Å². The number of nitrogen functional groups attached to an aromatic ring is 2. The molecule has 0 radical (unpaired) electrons. The molecule has 0 unspecified atom stereocenters. The summed E-state index contributed by atoms with van der Waals surface area (Å²) in [5, 5.41) is 0. The van der Waals surface area contributed by atoms with Gasteiger partial charge in [0.25, 0.3) is 0 Å². The Morgan fingerprint density at radius 1 is 0.553 bits per heavy atom. The van der Waals surface area contributed by atoms with Crippen LogP contribution in [0.1, 0.15) is 190 Å². The van der Waals surface area contributed by atoms with Crippen molar-refractivity contribution in [3.8, 4) is 0 Å². The number of fused-ring (bicyclic) bond motifs is 3. The molecule has 552 valence electrons. The third kappa shape index (κ3) is 34.0. The summed E-state index contributed by atoms with van der Waals surface area (Å²) in [6, 6.07) is 57.1. The number of benzene rings is 8. The van der Waals surface area contributed by atoms with Gasteiger partial charge in [0.1, 0.15) is 0 Å². The standard InChI is InChI=1S/C16H11NO2.C15H10N2O.C15H9N2O.C13H12N2O.C6H13BO2.C4H6O3.4C2H6.4CH4.I3.W/c18-14-9-13-8-12(6-7-15(13)17-10-14)16(19)11-4-2-1-3-5-11;2*18-15(11-4-2-1-3-5-11)12-6-7-13-14(10-12)17-9-8-16-13;14-11-7-6-10(8-12(11)15)13(16)9-4-2-1-3-5-9;1-5(2)6(3,4)9-7-8-5;1-2-7-4(6)3-5;4*1-2;;;;;1-3-2;/h1-8,10H,9H2;1-10H;1-8,10H;1-8H,14-15H2;7H,1-4H3;3H,2H2,1H3;4*1-2H3;4*1H4;;/q;;-1;;;;;;;;;;;;-1;/i;9D;;;7D;;;;;;;;;;;. The fraction of sp³-hybridized carbons (Fsp3) is 0.259. The summed E-state index contributed by atoms with van der Waals surface area (Å²) < 4.78 is 29.3. The predicted octanol–water partition coefficient (Wildman–Crippen LogP) is 16.4. The summed E-state index contributed by atoms with van der Waals surface area (Å²) in [6.07, 6.45) is 7.46. The van der Waals surface area contributed by atoms with Crippen LogP contribution in [-0.4, -0.2) is 94.1 Å². The van der Waals surface area contributed by atoms with E-state index in [0.29, 0.717) is 92.1 Å². The number of halogens is 3. The van der Waals surface area contributed by atoms with E-state index in [-0.39, 0.29) is 110 Å². The van der Waals surface area contributed by atoms with Crippen molar-refractivity contribution < 1.29 is 83.3 Å². The number of hydrogen-bond donors (Lipinski definition) is 2. The molecule has 0 atom stereocenters. The number of esters is 1. The minimum atomic E-state index is -0.815. The second-order valence-corrected chi connectivity index (χ2v) is 36.3. The van der Waals surface area contributed by atoms with Crippen molar-refractivity contribution in [2.24, 2.45) is 4.99 Å². The van der Waals surface area contributed by atoms with Crippen LogP contribution in [0.2, 0.25) is 0 Å². The average Bonchev–Trinajstić information content (AvgIpc) is 1.37. The molecule has 4 N–H and O–H groups in total. The second-order valence-electron chi connectivity index (χ2n) is 20.1. The number of nitrogens with two attached hydrogens (primary N) is 2. The van der Waals surface area contributed by atoms with Crippen molar-refractivity contribution in [2.75, 3.05) is 18.1 Å². The summed E-state index contributed by atoms with van der Waals surface area (Å²) in [5.74, 6) is -0.986. The maximum atomic E-state index is 12.3. The molecule has 12 rings (SSSR count). The quantitative estimate of drug-likeness (QED) is 0.0188. The van der Waals surface area contributed by atoms with Crippen LogP contribution in [0.5, 0.6) is 0 Å². The molecule has 2 aromatic heterocycles. The number of rotatable bonds is 10. The summed E-state index contributed by atoms with van der Waals surface area (Å²) in [6.45, 7) is 25.6. The van der Waals surface area contributed by atoms with E-state index in [9.17, 15) is 33.6 Å². The third-order valence-corrected chi connectivity index (χ3v) is 13.4. The van der Waals surface area contributed by atoms with Gasteiger partial charge in [0.05, 0.1) is 54.8 Å². The zero-order valence-corrected chi connectivity index (χ0v) is 67.2. The smallest absolute Gasteiger partial charge is 0.439 e.